The molecule has 2 aromatic carbocycles. The fraction of sp³-hybridized carbons (Fsp3) is 0.300. The van der Waals surface area contributed by atoms with Crippen LogP contribution in [0.4, 0.5) is 0 Å². The highest BCUT2D eigenvalue weighted by atomic mass is 16.2. The molecule has 0 aliphatic heterocycles. The Hall–Kier alpha value is -2.62. The summed E-state index contributed by atoms with van der Waals surface area (Å²) in [6.45, 7) is 1.99. The fourth-order valence-corrected chi connectivity index (χ4v) is 3.20. The summed E-state index contributed by atoms with van der Waals surface area (Å²) in [5.74, 6) is -0.291. The molecule has 4 nitrogen and oxygen atoms in total. The lowest BCUT2D eigenvalue weighted by atomic mass is 10.1. The van der Waals surface area contributed by atoms with Gasteiger partial charge in [-0.1, -0.05) is 42.0 Å². The molecular formula is C20H22N2O2. The van der Waals surface area contributed by atoms with E-state index in [9.17, 15) is 9.59 Å². The molecular weight excluding hydrogens is 300 g/mol. The number of likely N-dealkylation sites (N-methyl/N-ethyl adjacent to an activating group) is 1. The molecule has 2 amide bonds. The number of nitrogens with zero attached hydrogens (tertiary/aromatic N) is 1. The Morgan fingerprint density at radius 2 is 1.83 bits per heavy atom. The quantitative estimate of drug-likeness (QED) is 0.941. The normalized spacial score (nSPS) is 15.7. The standard InChI is InChI=1S/C20H22N2O2/c1-14-7-9-16(10-8-14)20(24)21-13-19(23)22(2)18-12-11-15-5-3-4-6-17(15)18/h3-10,18H,11-13H2,1-2H3,(H,21,24). The minimum atomic E-state index is -0.219. The van der Waals surface area contributed by atoms with E-state index in [-0.39, 0.29) is 24.4 Å². The Morgan fingerprint density at radius 3 is 2.58 bits per heavy atom. The van der Waals surface area contributed by atoms with Crippen molar-refractivity contribution in [2.45, 2.75) is 25.8 Å². The van der Waals surface area contributed by atoms with Crippen molar-refractivity contribution in [1.29, 1.82) is 0 Å². The lowest BCUT2D eigenvalue weighted by Gasteiger charge is -2.25. The number of nitrogens with one attached hydrogen (secondary N) is 1. The summed E-state index contributed by atoms with van der Waals surface area (Å²) in [6, 6.07) is 15.7. The zero-order chi connectivity index (χ0) is 17.1. The van der Waals surface area contributed by atoms with Gasteiger partial charge >= 0.3 is 0 Å². The molecule has 0 fully saturated rings. The first-order valence-corrected chi connectivity index (χ1v) is 8.24. The number of hydrogen-bond acceptors (Lipinski definition) is 2. The van der Waals surface area contributed by atoms with Crippen molar-refractivity contribution in [2.24, 2.45) is 0 Å². The van der Waals surface area contributed by atoms with Crippen LogP contribution in [0.1, 0.15) is 39.5 Å². The summed E-state index contributed by atoms with van der Waals surface area (Å²) in [4.78, 5) is 26.3. The number of carbonyl (C=O) groups is 2. The van der Waals surface area contributed by atoms with Gasteiger partial charge in [0.1, 0.15) is 0 Å². The lowest BCUT2D eigenvalue weighted by Crippen LogP contribution is -2.39. The van der Waals surface area contributed by atoms with Gasteiger partial charge in [-0.25, -0.2) is 0 Å². The molecule has 1 atom stereocenters. The highest BCUT2D eigenvalue weighted by Crippen LogP contribution is 2.34. The molecule has 0 saturated heterocycles. The second-order valence-electron chi connectivity index (χ2n) is 6.31. The molecule has 0 heterocycles. The van der Waals surface area contributed by atoms with E-state index in [4.69, 9.17) is 0 Å². The number of aryl methyl sites for hydroxylation is 2. The van der Waals surface area contributed by atoms with Crippen LogP contribution < -0.4 is 5.32 Å². The number of rotatable bonds is 4. The molecule has 1 unspecified atom stereocenters. The van der Waals surface area contributed by atoms with Gasteiger partial charge in [0.15, 0.2) is 0 Å². The summed E-state index contributed by atoms with van der Waals surface area (Å²) in [5, 5.41) is 2.72. The molecule has 1 aliphatic rings. The molecule has 2 aromatic rings. The average molecular weight is 322 g/mol. The first kappa shape index (κ1) is 16.2. The van der Waals surface area contributed by atoms with Gasteiger partial charge in [-0.15, -0.1) is 0 Å². The highest BCUT2D eigenvalue weighted by molar-refractivity contribution is 5.96. The molecule has 24 heavy (non-hydrogen) atoms. The summed E-state index contributed by atoms with van der Waals surface area (Å²) in [7, 11) is 1.81. The van der Waals surface area contributed by atoms with E-state index in [0.717, 1.165) is 18.4 Å². The van der Waals surface area contributed by atoms with Crippen molar-refractivity contribution in [2.75, 3.05) is 13.6 Å². The van der Waals surface area contributed by atoms with Crippen LogP contribution in [0.5, 0.6) is 0 Å². The maximum Gasteiger partial charge on any atom is 0.251 e. The SMILES string of the molecule is Cc1ccc(C(=O)NCC(=O)N(C)C2CCc3ccccc32)cc1. The van der Waals surface area contributed by atoms with Gasteiger partial charge in [0.05, 0.1) is 12.6 Å². The van der Waals surface area contributed by atoms with Crippen LogP contribution in [0.3, 0.4) is 0 Å². The van der Waals surface area contributed by atoms with E-state index in [0.29, 0.717) is 5.56 Å². The van der Waals surface area contributed by atoms with Gasteiger partial charge < -0.3 is 10.2 Å². The summed E-state index contributed by atoms with van der Waals surface area (Å²) in [6.07, 6.45) is 1.93. The van der Waals surface area contributed by atoms with Gasteiger partial charge in [0.25, 0.3) is 5.91 Å². The van der Waals surface area contributed by atoms with Crippen molar-refractivity contribution in [3.8, 4) is 0 Å². The van der Waals surface area contributed by atoms with Gasteiger partial charge in [-0.2, -0.15) is 0 Å². The zero-order valence-corrected chi connectivity index (χ0v) is 14.1. The van der Waals surface area contributed by atoms with Crippen molar-refractivity contribution < 1.29 is 9.59 Å². The van der Waals surface area contributed by atoms with Crippen molar-refractivity contribution in [3.63, 3.8) is 0 Å². The Morgan fingerprint density at radius 1 is 1.12 bits per heavy atom. The Kier molecular flexibility index (Phi) is 4.65. The van der Waals surface area contributed by atoms with Crippen LogP contribution in [0.2, 0.25) is 0 Å². The van der Waals surface area contributed by atoms with Crippen molar-refractivity contribution in [1.82, 2.24) is 10.2 Å². The predicted octanol–water partition coefficient (Wildman–Crippen LogP) is 2.87. The predicted molar refractivity (Wildman–Crippen MR) is 93.8 cm³/mol. The molecule has 0 bridgehead atoms. The summed E-state index contributed by atoms with van der Waals surface area (Å²) >= 11 is 0. The van der Waals surface area contributed by atoms with Crippen LogP contribution >= 0.6 is 0 Å². The van der Waals surface area contributed by atoms with Crippen LogP contribution in [-0.2, 0) is 11.2 Å². The molecule has 0 saturated carbocycles. The first-order valence-electron chi connectivity index (χ1n) is 8.24. The topological polar surface area (TPSA) is 49.4 Å². The summed E-state index contributed by atoms with van der Waals surface area (Å²) in [5.41, 5.74) is 4.20. The Bertz CT molecular complexity index is 752. The minimum absolute atomic E-state index is 0.0158. The van der Waals surface area contributed by atoms with Crippen LogP contribution in [0, 0.1) is 6.92 Å². The fourth-order valence-electron chi connectivity index (χ4n) is 3.20. The van der Waals surface area contributed by atoms with E-state index in [1.165, 1.54) is 11.1 Å². The minimum Gasteiger partial charge on any atom is -0.343 e. The number of amides is 2. The molecule has 4 heteroatoms. The van der Waals surface area contributed by atoms with Gasteiger partial charge in [0.2, 0.25) is 5.91 Å². The maximum atomic E-state index is 12.4. The van der Waals surface area contributed by atoms with E-state index in [1.807, 2.05) is 38.2 Å². The number of fused-ring (bicyclic) bond motifs is 1. The third-order valence-electron chi connectivity index (χ3n) is 4.68. The first-order chi connectivity index (χ1) is 11.6. The van der Waals surface area contributed by atoms with Gasteiger partial charge in [-0.05, 0) is 43.0 Å². The van der Waals surface area contributed by atoms with E-state index in [2.05, 4.69) is 17.4 Å². The van der Waals surface area contributed by atoms with E-state index < -0.39 is 0 Å². The van der Waals surface area contributed by atoms with Crippen molar-refractivity contribution in [3.05, 3.63) is 70.8 Å². The van der Waals surface area contributed by atoms with Crippen LogP contribution in [0.25, 0.3) is 0 Å². The average Bonchev–Trinajstić information content (AvgIpc) is 3.03. The van der Waals surface area contributed by atoms with Gasteiger partial charge in [-0.3, -0.25) is 9.59 Å². The van der Waals surface area contributed by atoms with E-state index >= 15 is 0 Å². The molecule has 0 radical (unpaired) electrons. The Labute approximate surface area is 142 Å². The van der Waals surface area contributed by atoms with Crippen LogP contribution in [0.15, 0.2) is 48.5 Å². The Balaban J connectivity index is 1.59. The molecule has 0 aromatic heterocycles. The third-order valence-corrected chi connectivity index (χ3v) is 4.68. The second-order valence-corrected chi connectivity index (χ2v) is 6.31. The number of hydrogen-bond donors (Lipinski definition) is 1. The lowest BCUT2D eigenvalue weighted by molar-refractivity contribution is -0.131. The second kappa shape index (κ2) is 6.87. The van der Waals surface area contributed by atoms with Crippen molar-refractivity contribution >= 4 is 11.8 Å². The monoisotopic (exact) mass is 322 g/mol. The number of carbonyl (C=O) groups excluding carboxylic acids is 2. The summed E-state index contributed by atoms with van der Waals surface area (Å²) < 4.78 is 0. The maximum absolute atomic E-state index is 12.4. The highest BCUT2D eigenvalue weighted by Gasteiger charge is 2.28. The molecule has 3 rings (SSSR count). The molecule has 1 aliphatic carbocycles. The molecule has 0 spiro atoms. The largest absolute Gasteiger partial charge is 0.343 e. The number of benzene rings is 2. The molecule has 124 valence electrons. The third kappa shape index (κ3) is 3.32. The van der Waals surface area contributed by atoms with Crippen LogP contribution in [-0.4, -0.2) is 30.3 Å². The zero-order valence-electron chi connectivity index (χ0n) is 14.1. The smallest absolute Gasteiger partial charge is 0.251 e. The molecule has 1 N–H and O–H groups in total. The van der Waals surface area contributed by atoms with E-state index in [1.54, 1.807) is 17.0 Å². The van der Waals surface area contributed by atoms with Gasteiger partial charge in [0, 0.05) is 12.6 Å².